The van der Waals surface area contributed by atoms with E-state index in [1.165, 1.54) is 6.33 Å². The number of hydrogen-bond acceptors (Lipinski definition) is 6. The minimum absolute atomic E-state index is 0.0659. The van der Waals surface area contributed by atoms with Crippen LogP contribution in [0.5, 0.6) is 0 Å². The zero-order valence-corrected chi connectivity index (χ0v) is 19.0. The second kappa shape index (κ2) is 9.49. The number of H-pyrrole nitrogens is 1. The first-order chi connectivity index (χ1) is 16.1. The fraction of sp³-hybridized carbons (Fsp3) is 0.417. The molecule has 0 radical (unpaired) electrons. The molecule has 8 nitrogen and oxygen atoms in total. The number of carbonyl (C=O) groups excluding carboxylic acids is 2. The molecule has 0 spiro atoms. The van der Waals surface area contributed by atoms with Crippen molar-refractivity contribution in [3.8, 4) is 0 Å². The molecule has 33 heavy (non-hydrogen) atoms. The number of nitrogens with zero attached hydrogens (tertiary/aromatic N) is 3. The highest BCUT2D eigenvalue weighted by molar-refractivity contribution is 6.35. The Labute approximate surface area is 196 Å². The van der Waals surface area contributed by atoms with E-state index in [4.69, 9.17) is 16.3 Å². The van der Waals surface area contributed by atoms with Crippen molar-refractivity contribution in [1.29, 1.82) is 0 Å². The van der Waals surface area contributed by atoms with Crippen molar-refractivity contribution >= 4 is 40.1 Å². The summed E-state index contributed by atoms with van der Waals surface area (Å²) >= 11 is 6.26. The third kappa shape index (κ3) is 4.45. The van der Waals surface area contributed by atoms with Gasteiger partial charge in [-0.05, 0) is 37.8 Å². The van der Waals surface area contributed by atoms with Crippen LogP contribution in [0.1, 0.15) is 41.6 Å². The quantitative estimate of drug-likeness (QED) is 0.555. The number of aromatic nitrogens is 3. The lowest BCUT2D eigenvalue weighted by molar-refractivity contribution is -0.140. The molecule has 0 unspecified atom stereocenters. The predicted octanol–water partition coefficient (Wildman–Crippen LogP) is 3.67. The number of hydrogen-bond donors (Lipinski definition) is 2. The topological polar surface area (TPSA) is 100 Å². The zero-order chi connectivity index (χ0) is 22.8. The molecule has 3 aromatic rings. The molecular formula is C24H26ClN5O3. The van der Waals surface area contributed by atoms with Crippen molar-refractivity contribution in [1.82, 2.24) is 19.9 Å². The van der Waals surface area contributed by atoms with Crippen LogP contribution in [0.2, 0.25) is 5.02 Å². The van der Waals surface area contributed by atoms with Crippen LogP contribution in [0, 0.1) is 5.92 Å². The lowest BCUT2D eigenvalue weighted by Crippen LogP contribution is -2.45. The molecule has 1 saturated carbocycles. The number of fused-ring (bicyclic) bond motifs is 1. The van der Waals surface area contributed by atoms with Crippen molar-refractivity contribution in [2.75, 3.05) is 31.6 Å². The Morgan fingerprint density at radius 2 is 1.82 bits per heavy atom. The largest absolute Gasteiger partial charge is 0.378 e. The van der Waals surface area contributed by atoms with Gasteiger partial charge in [0.2, 0.25) is 5.91 Å². The Bertz CT molecular complexity index is 1170. The number of amides is 1. The summed E-state index contributed by atoms with van der Waals surface area (Å²) < 4.78 is 5.36. The smallest absolute Gasteiger partial charge is 0.225 e. The molecule has 2 N–H and O–H groups in total. The number of rotatable bonds is 5. The van der Waals surface area contributed by atoms with Gasteiger partial charge in [0.05, 0.1) is 29.2 Å². The Morgan fingerprint density at radius 1 is 1.06 bits per heavy atom. The summed E-state index contributed by atoms with van der Waals surface area (Å²) in [5.74, 6) is 0.764. The van der Waals surface area contributed by atoms with Gasteiger partial charge >= 0.3 is 0 Å². The lowest BCUT2D eigenvalue weighted by atomic mass is 9.85. The summed E-state index contributed by atoms with van der Waals surface area (Å²) in [5.41, 5.74) is 1.52. The molecule has 172 valence electrons. The van der Waals surface area contributed by atoms with Crippen molar-refractivity contribution in [3.05, 3.63) is 52.9 Å². The first-order valence-electron chi connectivity index (χ1n) is 11.4. The molecule has 3 heterocycles. The van der Waals surface area contributed by atoms with Gasteiger partial charge in [0.25, 0.3) is 0 Å². The SMILES string of the molecule is O=C(c1ccccc1Cl)c1c[nH]c2ncnc(N[C@H]3CC[C@@H](C(=O)N4CCOCC4)CC3)c12. The molecule has 2 fully saturated rings. The molecule has 5 rings (SSSR count). The lowest BCUT2D eigenvalue weighted by Gasteiger charge is -2.34. The Kier molecular flexibility index (Phi) is 6.28. The predicted molar refractivity (Wildman–Crippen MR) is 126 cm³/mol. The maximum Gasteiger partial charge on any atom is 0.225 e. The van der Waals surface area contributed by atoms with E-state index in [0.717, 1.165) is 25.7 Å². The van der Waals surface area contributed by atoms with Crippen molar-refractivity contribution < 1.29 is 14.3 Å². The number of halogens is 1. The molecule has 2 aliphatic rings. The van der Waals surface area contributed by atoms with Crippen LogP contribution in [-0.4, -0.2) is 63.9 Å². The number of aromatic amines is 1. The highest BCUT2D eigenvalue weighted by Crippen LogP contribution is 2.32. The van der Waals surface area contributed by atoms with Crippen LogP contribution in [0.25, 0.3) is 11.0 Å². The van der Waals surface area contributed by atoms with Gasteiger partial charge in [0.15, 0.2) is 5.78 Å². The van der Waals surface area contributed by atoms with E-state index in [9.17, 15) is 9.59 Å². The number of nitrogens with one attached hydrogen (secondary N) is 2. The van der Waals surface area contributed by atoms with Crippen LogP contribution < -0.4 is 5.32 Å². The van der Waals surface area contributed by atoms with Gasteiger partial charge in [0.1, 0.15) is 17.8 Å². The average molecular weight is 468 g/mol. The Balaban J connectivity index is 1.31. The Hall–Kier alpha value is -2.97. The van der Waals surface area contributed by atoms with Crippen LogP contribution >= 0.6 is 11.6 Å². The van der Waals surface area contributed by atoms with E-state index in [-0.39, 0.29) is 23.7 Å². The maximum absolute atomic E-state index is 13.2. The summed E-state index contributed by atoms with van der Waals surface area (Å²) in [7, 11) is 0. The molecule has 1 saturated heterocycles. The third-order valence-corrected chi connectivity index (χ3v) is 6.90. The molecular weight excluding hydrogens is 442 g/mol. The summed E-state index contributed by atoms with van der Waals surface area (Å²) in [4.78, 5) is 39.8. The van der Waals surface area contributed by atoms with E-state index in [1.54, 1.807) is 30.5 Å². The van der Waals surface area contributed by atoms with Gasteiger partial charge in [-0.1, -0.05) is 23.7 Å². The number of benzene rings is 1. The van der Waals surface area contributed by atoms with Gasteiger partial charge in [-0.2, -0.15) is 0 Å². The average Bonchev–Trinajstić information content (AvgIpc) is 3.30. The first-order valence-corrected chi connectivity index (χ1v) is 11.7. The van der Waals surface area contributed by atoms with E-state index < -0.39 is 0 Å². The van der Waals surface area contributed by atoms with Gasteiger partial charge in [-0.25, -0.2) is 9.97 Å². The fourth-order valence-electron chi connectivity index (χ4n) is 4.76. The number of anilines is 1. The van der Waals surface area contributed by atoms with E-state index in [0.29, 0.717) is 59.3 Å². The second-order valence-electron chi connectivity index (χ2n) is 8.59. The fourth-order valence-corrected chi connectivity index (χ4v) is 4.98. The Morgan fingerprint density at radius 3 is 2.58 bits per heavy atom. The highest BCUT2D eigenvalue weighted by Gasteiger charge is 2.31. The normalized spacial score (nSPS) is 21.2. The summed E-state index contributed by atoms with van der Waals surface area (Å²) in [6.45, 7) is 2.62. The number of ether oxygens (including phenoxy) is 1. The van der Waals surface area contributed by atoms with Gasteiger partial charge in [-0.15, -0.1) is 0 Å². The van der Waals surface area contributed by atoms with Crippen LogP contribution in [0.15, 0.2) is 36.8 Å². The van der Waals surface area contributed by atoms with E-state index in [1.807, 2.05) is 4.90 Å². The summed E-state index contributed by atoms with van der Waals surface area (Å²) in [6.07, 6.45) is 6.54. The van der Waals surface area contributed by atoms with Crippen molar-refractivity contribution in [2.24, 2.45) is 5.92 Å². The van der Waals surface area contributed by atoms with Crippen LogP contribution in [0.3, 0.4) is 0 Å². The number of morpholine rings is 1. The third-order valence-electron chi connectivity index (χ3n) is 6.57. The molecule has 9 heteroatoms. The monoisotopic (exact) mass is 467 g/mol. The van der Waals surface area contributed by atoms with Crippen molar-refractivity contribution in [2.45, 2.75) is 31.7 Å². The van der Waals surface area contributed by atoms with Gasteiger partial charge in [-0.3, -0.25) is 9.59 Å². The van der Waals surface area contributed by atoms with Gasteiger partial charge < -0.3 is 19.9 Å². The summed E-state index contributed by atoms with van der Waals surface area (Å²) in [6, 6.07) is 7.18. The molecule has 1 aromatic carbocycles. The van der Waals surface area contributed by atoms with E-state index in [2.05, 4.69) is 20.3 Å². The molecule has 1 aliphatic heterocycles. The molecule has 0 atom stereocenters. The first kappa shape index (κ1) is 21.9. The molecule has 0 bridgehead atoms. The molecule has 1 aliphatic carbocycles. The number of ketones is 1. The van der Waals surface area contributed by atoms with E-state index >= 15 is 0 Å². The second-order valence-corrected chi connectivity index (χ2v) is 8.99. The standard InChI is InChI=1S/C24H26ClN5O3/c25-19-4-2-1-3-17(19)21(31)18-13-26-22-20(18)23(28-14-27-22)29-16-7-5-15(6-8-16)24(32)30-9-11-33-12-10-30/h1-4,13-16H,5-12H2,(H2,26,27,28,29)/t15-,16+. The maximum atomic E-state index is 13.2. The van der Waals surface area contributed by atoms with Crippen LogP contribution in [-0.2, 0) is 9.53 Å². The summed E-state index contributed by atoms with van der Waals surface area (Å²) in [5, 5.41) is 4.58. The minimum atomic E-state index is -0.176. The number of carbonyl (C=O) groups is 2. The zero-order valence-electron chi connectivity index (χ0n) is 18.2. The van der Waals surface area contributed by atoms with Crippen LogP contribution in [0.4, 0.5) is 5.82 Å². The minimum Gasteiger partial charge on any atom is -0.378 e. The van der Waals surface area contributed by atoms with Crippen molar-refractivity contribution in [3.63, 3.8) is 0 Å². The molecule has 2 aromatic heterocycles. The highest BCUT2D eigenvalue weighted by atomic mass is 35.5. The molecule has 1 amide bonds. The van der Waals surface area contributed by atoms with Gasteiger partial charge in [0, 0.05) is 36.8 Å².